The van der Waals surface area contributed by atoms with Gasteiger partial charge in [0.05, 0.1) is 19.8 Å². The molecule has 0 aliphatic carbocycles. The first-order valence-electron chi connectivity index (χ1n) is 8.55. The molecule has 0 aromatic heterocycles. The Hall–Kier alpha value is -2.86. The van der Waals surface area contributed by atoms with Crippen molar-refractivity contribution in [2.24, 2.45) is 0 Å². The van der Waals surface area contributed by atoms with Crippen molar-refractivity contribution in [3.63, 3.8) is 0 Å². The molecule has 1 atom stereocenters. The molecule has 1 aliphatic rings. The minimum atomic E-state index is -1.06. The zero-order valence-electron chi connectivity index (χ0n) is 14.6. The molecule has 1 amide bonds. The number of morpholine rings is 1. The molecule has 2 aromatic rings. The average molecular weight is 355 g/mol. The number of carboxylic acid groups (broad SMARTS) is 1. The summed E-state index contributed by atoms with van der Waals surface area (Å²) in [6.45, 7) is 3.07. The minimum Gasteiger partial charge on any atom is -0.493 e. The molecule has 1 fully saturated rings. The van der Waals surface area contributed by atoms with E-state index in [9.17, 15) is 14.7 Å². The highest BCUT2D eigenvalue weighted by atomic mass is 16.5. The van der Waals surface area contributed by atoms with Gasteiger partial charge in [-0.1, -0.05) is 30.3 Å². The van der Waals surface area contributed by atoms with Crippen molar-refractivity contribution in [2.45, 2.75) is 13.0 Å². The van der Waals surface area contributed by atoms with E-state index in [1.165, 1.54) is 4.90 Å². The third kappa shape index (κ3) is 3.70. The third-order valence-corrected chi connectivity index (χ3v) is 4.28. The maximum atomic E-state index is 12.9. The van der Waals surface area contributed by atoms with Gasteiger partial charge in [0.1, 0.15) is 5.75 Å². The van der Waals surface area contributed by atoms with E-state index in [1.54, 1.807) is 18.2 Å². The summed E-state index contributed by atoms with van der Waals surface area (Å²) < 4.78 is 10.9. The predicted octanol–water partition coefficient (Wildman–Crippen LogP) is 2.68. The van der Waals surface area contributed by atoms with Crippen LogP contribution in [0.4, 0.5) is 0 Å². The predicted molar refractivity (Wildman–Crippen MR) is 96.3 cm³/mol. The van der Waals surface area contributed by atoms with Crippen LogP contribution in [0.25, 0.3) is 11.1 Å². The van der Waals surface area contributed by atoms with Gasteiger partial charge in [0.15, 0.2) is 6.04 Å². The van der Waals surface area contributed by atoms with Crippen LogP contribution in [0.1, 0.15) is 17.3 Å². The first-order chi connectivity index (χ1) is 12.6. The highest BCUT2D eigenvalue weighted by molar-refractivity contribution is 5.98. The molecular formula is C20H21NO5. The van der Waals surface area contributed by atoms with Crippen LogP contribution in [0.3, 0.4) is 0 Å². The number of para-hydroxylation sites is 1. The zero-order chi connectivity index (χ0) is 18.5. The summed E-state index contributed by atoms with van der Waals surface area (Å²) in [5, 5.41) is 9.34. The number of benzene rings is 2. The van der Waals surface area contributed by atoms with E-state index in [-0.39, 0.29) is 19.1 Å². The fraction of sp³-hybridized carbons (Fsp3) is 0.300. The summed E-state index contributed by atoms with van der Waals surface area (Å²) in [5.74, 6) is -0.623. The summed E-state index contributed by atoms with van der Waals surface area (Å²) in [7, 11) is 0. The molecule has 1 saturated heterocycles. The summed E-state index contributed by atoms with van der Waals surface area (Å²) in [6.07, 6.45) is 0. The van der Waals surface area contributed by atoms with E-state index in [0.29, 0.717) is 18.8 Å². The molecule has 1 unspecified atom stereocenters. The lowest BCUT2D eigenvalue weighted by molar-refractivity contribution is -0.147. The Morgan fingerprint density at radius 2 is 2.04 bits per heavy atom. The highest BCUT2D eigenvalue weighted by Gasteiger charge is 2.33. The smallest absolute Gasteiger partial charge is 0.328 e. The van der Waals surface area contributed by atoms with Crippen LogP contribution in [0.5, 0.6) is 5.75 Å². The third-order valence-electron chi connectivity index (χ3n) is 4.28. The van der Waals surface area contributed by atoms with Crippen molar-refractivity contribution in [1.29, 1.82) is 0 Å². The van der Waals surface area contributed by atoms with E-state index >= 15 is 0 Å². The summed E-state index contributed by atoms with van der Waals surface area (Å²) in [6, 6.07) is 13.8. The Morgan fingerprint density at radius 3 is 2.81 bits per heavy atom. The van der Waals surface area contributed by atoms with E-state index in [2.05, 4.69) is 0 Å². The second-order valence-electron chi connectivity index (χ2n) is 5.94. The topological polar surface area (TPSA) is 76.1 Å². The molecule has 6 nitrogen and oxygen atoms in total. The van der Waals surface area contributed by atoms with E-state index in [1.807, 2.05) is 37.3 Å². The fourth-order valence-electron chi connectivity index (χ4n) is 3.02. The number of hydrogen-bond donors (Lipinski definition) is 1. The number of carbonyl (C=O) groups excluding carboxylic acids is 1. The Kier molecular flexibility index (Phi) is 5.53. The summed E-state index contributed by atoms with van der Waals surface area (Å²) in [4.78, 5) is 25.7. The number of carboxylic acids is 1. The van der Waals surface area contributed by atoms with Gasteiger partial charge >= 0.3 is 5.97 Å². The number of nitrogens with zero attached hydrogens (tertiary/aromatic N) is 1. The van der Waals surface area contributed by atoms with Gasteiger partial charge in [-0.2, -0.15) is 0 Å². The molecule has 6 heteroatoms. The van der Waals surface area contributed by atoms with Crippen molar-refractivity contribution >= 4 is 11.9 Å². The Labute approximate surface area is 152 Å². The van der Waals surface area contributed by atoms with Gasteiger partial charge < -0.3 is 19.5 Å². The van der Waals surface area contributed by atoms with Gasteiger partial charge in [0.2, 0.25) is 0 Å². The van der Waals surface area contributed by atoms with Gasteiger partial charge in [-0.25, -0.2) is 4.79 Å². The van der Waals surface area contributed by atoms with Gasteiger partial charge in [-0.3, -0.25) is 4.79 Å². The molecule has 1 aliphatic heterocycles. The van der Waals surface area contributed by atoms with Crippen molar-refractivity contribution in [2.75, 3.05) is 26.4 Å². The molecule has 1 N–H and O–H groups in total. The fourth-order valence-corrected chi connectivity index (χ4v) is 3.02. The average Bonchev–Trinajstić information content (AvgIpc) is 2.68. The quantitative estimate of drug-likeness (QED) is 0.892. The van der Waals surface area contributed by atoms with Crippen LogP contribution in [-0.2, 0) is 9.53 Å². The zero-order valence-corrected chi connectivity index (χ0v) is 14.6. The lowest BCUT2D eigenvalue weighted by atomic mass is 10.0. The van der Waals surface area contributed by atoms with Crippen LogP contribution in [0, 0.1) is 0 Å². The van der Waals surface area contributed by atoms with Crippen LogP contribution in [0.2, 0.25) is 0 Å². The number of rotatable bonds is 5. The molecule has 136 valence electrons. The van der Waals surface area contributed by atoms with E-state index in [4.69, 9.17) is 9.47 Å². The molecule has 0 saturated carbocycles. The van der Waals surface area contributed by atoms with Gasteiger partial charge in [-0.05, 0) is 30.7 Å². The van der Waals surface area contributed by atoms with Crippen LogP contribution in [-0.4, -0.2) is 54.3 Å². The molecule has 0 radical (unpaired) electrons. The molecule has 3 rings (SSSR count). The molecule has 0 spiro atoms. The van der Waals surface area contributed by atoms with Crippen LogP contribution >= 0.6 is 0 Å². The minimum absolute atomic E-state index is 0.00787. The monoisotopic (exact) mass is 355 g/mol. The Balaban J connectivity index is 1.92. The lowest BCUT2D eigenvalue weighted by Crippen LogP contribution is -2.52. The van der Waals surface area contributed by atoms with Gasteiger partial charge in [0.25, 0.3) is 5.91 Å². The molecule has 26 heavy (non-hydrogen) atoms. The van der Waals surface area contributed by atoms with Crippen LogP contribution in [0.15, 0.2) is 48.5 Å². The van der Waals surface area contributed by atoms with Crippen molar-refractivity contribution in [3.05, 3.63) is 54.1 Å². The van der Waals surface area contributed by atoms with Crippen molar-refractivity contribution in [3.8, 4) is 16.9 Å². The largest absolute Gasteiger partial charge is 0.493 e. The molecule has 0 bridgehead atoms. The maximum absolute atomic E-state index is 12.9. The number of amides is 1. The second kappa shape index (κ2) is 8.01. The first kappa shape index (κ1) is 17.9. The van der Waals surface area contributed by atoms with Crippen molar-refractivity contribution < 1.29 is 24.2 Å². The first-order valence-corrected chi connectivity index (χ1v) is 8.55. The normalized spacial score (nSPS) is 17.0. The summed E-state index contributed by atoms with van der Waals surface area (Å²) >= 11 is 0. The standard InChI is InChI=1S/C20H21NO5/c1-2-26-18-9-4-3-8-16(18)14-6-5-7-15(12-14)19(22)21-10-11-25-13-17(21)20(23)24/h3-9,12,17H,2,10-11,13H2,1H3,(H,23,24). The SMILES string of the molecule is CCOc1ccccc1-c1cccc(C(=O)N2CCOCC2C(=O)O)c1. The van der Waals surface area contributed by atoms with E-state index < -0.39 is 12.0 Å². The Morgan fingerprint density at radius 1 is 1.23 bits per heavy atom. The molecule has 2 aromatic carbocycles. The second-order valence-corrected chi connectivity index (χ2v) is 5.94. The number of hydrogen-bond acceptors (Lipinski definition) is 4. The summed E-state index contributed by atoms with van der Waals surface area (Å²) in [5.41, 5.74) is 2.18. The lowest BCUT2D eigenvalue weighted by Gasteiger charge is -2.33. The number of carbonyl (C=O) groups is 2. The van der Waals surface area contributed by atoms with Crippen molar-refractivity contribution in [1.82, 2.24) is 4.90 Å². The van der Waals surface area contributed by atoms with Gasteiger partial charge in [0, 0.05) is 17.7 Å². The molecular weight excluding hydrogens is 334 g/mol. The Bertz CT molecular complexity index is 804. The van der Waals surface area contributed by atoms with Gasteiger partial charge in [-0.15, -0.1) is 0 Å². The number of ether oxygens (including phenoxy) is 2. The van der Waals surface area contributed by atoms with E-state index in [0.717, 1.165) is 16.9 Å². The molecule has 1 heterocycles. The highest BCUT2D eigenvalue weighted by Crippen LogP contribution is 2.30. The maximum Gasteiger partial charge on any atom is 0.328 e. The number of aliphatic carboxylic acids is 1. The van der Waals surface area contributed by atoms with Crippen LogP contribution < -0.4 is 4.74 Å².